The number of thiazole rings is 1. The molecule has 1 aliphatic rings. The van der Waals surface area contributed by atoms with Crippen LogP contribution in [0.25, 0.3) is 10.2 Å². The lowest BCUT2D eigenvalue weighted by Gasteiger charge is -2.33. The van der Waals surface area contributed by atoms with E-state index in [0.717, 1.165) is 31.3 Å². The predicted molar refractivity (Wildman–Crippen MR) is 121 cm³/mol. The second-order valence-electron chi connectivity index (χ2n) is 7.37. The van der Waals surface area contributed by atoms with Gasteiger partial charge >= 0.3 is 0 Å². The first-order valence-electron chi connectivity index (χ1n) is 10.1. The second kappa shape index (κ2) is 10.9. The minimum atomic E-state index is -0.447. The van der Waals surface area contributed by atoms with Crippen LogP contribution < -0.4 is 4.80 Å². The highest BCUT2D eigenvalue weighted by atomic mass is 32.2. The van der Waals surface area contributed by atoms with Gasteiger partial charge in [-0.15, -0.1) is 11.8 Å². The number of hydrogen-bond donors (Lipinski definition) is 0. The van der Waals surface area contributed by atoms with E-state index < -0.39 is 4.92 Å². The van der Waals surface area contributed by atoms with Crippen LogP contribution in [0.5, 0.6) is 0 Å². The summed E-state index contributed by atoms with van der Waals surface area (Å²) < 4.78 is 7.66. The molecule has 11 heteroatoms. The summed E-state index contributed by atoms with van der Waals surface area (Å²) in [5.41, 5.74) is 0.757. The second-order valence-corrected chi connectivity index (χ2v) is 9.36. The van der Waals surface area contributed by atoms with Crippen LogP contribution >= 0.6 is 23.1 Å². The number of amides is 2. The number of nitro benzene ring substituents is 1. The number of benzene rings is 1. The minimum Gasteiger partial charge on any atom is -0.383 e. The SMILES string of the molecule is COCCn1c(=NC(=O)CSCC(=O)N2CCCCC2C)sc2cc([N+](=O)[O-])ccc21. The standard InChI is InChI=1S/C20H26N4O5S2/c1-14-5-3-4-8-22(14)19(26)13-30-12-18(25)21-20-23(9-10-29-2)16-7-6-15(24(27)28)11-17(16)31-20/h6-7,11,14H,3-5,8-10,12-13H2,1-2H3. The van der Waals surface area contributed by atoms with Crippen molar-refractivity contribution in [2.24, 2.45) is 4.99 Å². The molecule has 2 heterocycles. The molecule has 168 valence electrons. The van der Waals surface area contributed by atoms with Crippen molar-refractivity contribution in [2.75, 3.05) is 31.8 Å². The molecule has 1 fully saturated rings. The molecular weight excluding hydrogens is 440 g/mol. The number of thioether (sulfide) groups is 1. The summed E-state index contributed by atoms with van der Waals surface area (Å²) in [6.07, 6.45) is 3.20. The van der Waals surface area contributed by atoms with E-state index in [0.29, 0.717) is 22.7 Å². The number of hydrogen-bond acceptors (Lipinski definition) is 7. The lowest BCUT2D eigenvalue weighted by molar-refractivity contribution is -0.384. The fourth-order valence-corrected chi connectivity index (χ4v) is 5.36. The average molecular weight is 467 g/mol. The summed E-state index contributed by atoms with van der Waals surface area (Å²) in [6.45, 7) is 3.74. The van der Waals surface area contributed by atoms with Gasteiger partial charge in [-0.3, -0.25) is 19.7 Å². The Hall–Kier alpha value is -2.24. The van der Waals surface area contributed by atoms with Gasteiger partial charge in [0.25, 0.3) is 11.6 Å². The van der Waals surface area contributed by atoms with Gasteiger partial charge in [-0.05, 0) is 32.3 Å². The molecule has 1 saturated heterocycles. The van der Waals surface area contributed by atoms with E-state index in [1.807, 2.05) is 9.47 Å². The molecule has 31 heavy (non-hydrogen) atoms. The number of rotatable bonds is 8. The third-order valence-corrected chi connectivity index (χ3v) is 7.13. The van der Waals surface area contributed by atoms with Gasteiger partial charge in [-0.25, -0.2) is 0 Å². The van der Waals surface area contributed by atoms with E-state index in [4.69, 9.17) is 4.74 Å². The molecule has 0 spiro atoms. The highest BCUT2D eigenvalue weighted by molar-refractivity contribution is 8.00. The Labute approximate surface area is 188 Å². The number of likely N-dealkylation sites (tertiary alicyclic amines) is 1. The summed E-state index contributed by atoms with van der Waals surface area (Å²) in [5.74, 6) is 0.0894. The number of piperidine rings is 1. The van der Waals surface area contributed by atoms with Gasteiger partial charge in [0.1, 0.15) is 0 Å². The minimum absolute atomic E-state index is 0.00785. The first kappa shape index (κ1) is 23.4. The topological polar surface area (TPSA) is 107 Å². The maximum atomic E-state index is 12.5. The van der Waals surface area contributed by atoms with Crippen LogP contribution in [0.4, 0.5) is 5.69 Å². The summed E-state index contributed by atoms with van der Waals surface area (Å²) in [4.78, 5) is 42.1. The van der Waals surface area contributed by atoms with E-state index in [1.54, 1.807) is 13.2 Å². The largest absolute Gasteiger partial charge is 0.383 e. The van der Waals surface area contributed by atoms with E-state index in [9.17, 15) is 19.7 Å². The highest BCUT2D eigenvalue weighted by Gasteiger charge is 2.23. The van der Waals surface area contributed by atoms with Crippen molar-refractivity contribution in [3.05, 3.63) is 33.1 Å². The van der Waals surface area contributed by atoms with E-state index >= 15 is 0 Å². The molecule has 0 bridgehead atoms. The molecule has 1 unspecified atom stereocenters. The van der Waals surface area contributed by atoms with Crippen molar-refractivity contribution in [1.82, 2.24) is 9.47 Å². The monoisotopic (exact) mass is 466 g/mol. The lowest BCUT2D eigenvalue weighted by Crippen LogP contribution is -2.43. The number of methoxy groups -OCH3 is 1. The van der Waals surface area contributed by atoms with Gasteiger partial charge in [-0.1, -0.05) is 11.3 Å². The molecule has 0 radical (unpaired) electrons. The zero-order valence-corrected chi connectivity index (χ0v) is 19.2. The van der Waals surface area contributed by atoms with Gasteiger partial charge in [-0.2, -0.15) is 4.99 Å². The number of fused-ring (bicyclic) bond motifs is 1. The Morgan fingerprint density at radius 1 is 1.35 bits per heavy atom. The Kier molecular flexibility index (Phi) is 8.22. The molecule has 1 aromatic heterocycles. The van der Waals surface area contributed by atoms with Crippen molar-refractivity contribution < 1.29 is 19.2 Å². The molecule has 2 aromatic rings. The van der Waals surface area contributed by atoms with Crippen molar-refractivity contribution in [3.63, 3.8) is 0 Å². The van der Waals surface area contributed by atoms with E-state index in [-0.39, 0.29) is 35.0 Å². The number of nitrogens with zero attached hydrogens (tertiary/aromatic N) is 4. The number of carbonyl (C=O) groups is 2. The van der Waals surface area contributed by atoms with Crippen LogP contribution in [0.1, 0.15) is 26.2 Å². The molecular formula is C20H26N4O5S2. The van der Waals surface area contributed by atoms with Crippen LogP contribution in [-0.2, 0) is 20.9 Å². The van der Waals surface area contributed by atoms with Gasteiger partial charge in [0, 0.05) is 38.4 Å². The molecule has 9 nitrogen and oxygen atoms in total. The Balaban J connectivity index is 1.71. The van der Waals surface area contributed by atoms with Crippen LogP contribution in [0.2, 0.25) is 0 Å². The fourth-order valence-electron chi connectivity index (χ4n) is 3.58. The Morgan fingerprint density at radius 3 is 2.87 bits per heavy atom. The zero-order chi connectivity index (χ0) is 22.4. The third kappa shape index (κ3) is 5.92. The normalized spacial score (nSPS) is 17.3. The van der Waals surface area contributed by atoms with Crippen LogP contribution in [0.15, 0.2) is 23.2 Å². The predicted octanol–water partition coefficient (Wildman–Crippen LogP) is 2.82. The van der Waals surface area contributed by atoms with Crippen LogP contribution in [0, 0.1) is 10.1 Å². The maximum Gasteiger partial charge on any atom is 0.270 e. The van der Waals surface area contributed by atoms with Gasteiger partial charge < -0.3 is 14.2 Å². The van der Waals surface area contributed by atoms with Crippen molar-refractivity contribution >= 4 is 50.8 Å². The summed E-state index contributed by atoms with van der Waals surface area (Å²) in [7, 11) is 1.58. The lowest BCUT2D eigenvalue weighted by atomic mass is 10.0. The summed E-state index contributed by atoms with van der Waals surface area (Å²) in [5, 5.41) is 11.1. The molecule has 1 atom stereocenters. The molecule has 1 aromatic carbocycles. The van der Waals surface area contributed by atoms with Crippen molar-refractivity contribution in [2.45, 2.75) is 38.8 Å². The molecule has 1 aliphatic heterocycles. The quantitative estimate of drug-likeness (QED) is 0.437. The summed E-state index contributed by atoms with van der Waals surface area (Å²) >= 11 is 2.50. The van der Waals surface area contributed by atoms with Gasteiger partial charge in [0.15, 0.2) is 4.80 Å². The third-order valence-electron chi connectivity index (χ3n) is 5.19. The first-order chi connectivity index (χ1) is 14.9. The van der Waals surface area contributed by atoms with Gasteiger partial charge in [0.05, 0.1) is 33.3 Å². The van der Waals surface area contributed by atoms with E-state index in [1.165, 1.54) is 35.2 Å². The Bertz CT molecular complexity index is 1030. The number of nitro groups is 1. The summed E-state index contributed by atoms with van der Waals surface area (Å²) in [6, 6.07) is 4.84. The molecule has 0 N–H and O–H groups in total. The van der Waals surface area contributed by atoms with Crippen molar-refractivity contribution in [3.8, 4) is 0 Å². The number of carbonyl (C=O) groups excluding carboxylic acids is 2. The molecule has 0 saturated carbocycles. The molecule has 3 rings (SSSR count). The Morgan fingerprint density at radius 2 is 2.16 bits per heavy atom. The smallest absolute Gasteiger partial charge is 0.270 e. The van der Waals surface area contributed by atoms with Crippen molar-refractivity contribution in [1.29, 1.82) is 0 Å². The number of aromatic nitrogens is 1. The highest BCUT2D eigenvalue weighted by Crippen LogP contribution is 2.23. The maximum absolute atomic E-state index is 12.5. The van der Waals surface area contributed by atoms with E-state index in [2.05, 4.69) is 11.9 Å². The number of ether oxygens (including phenoxy) is 1. The van der Waals surface area contributed by atoms with Crippen LogP contribution in [-0.4, -0.2) is 64.0 Å². The van der Waals surface area contributed by atoms with Gasteiger partial charge in [0.2, 0.25) is 5.91 Å². The fraction of sp³-hybridized carbons (Fsp3) is 0.550. The van der Waals surface area contributed by atoms with Crippen LogP contribution in [0.3, 0.4) is 0 Å². The first-order valence-corrected chi connectivity index (χ1v) is 12.1. The average Bonchev–Trinajstić information content (AvgIpc) is 3.08. The zero-order valence-electron chi connectivity index (χ0n) is 17.6. The number of non-ortho nitro benzene ring substituents is 1. The molecule has 2 amide bonds. The molecule has 0 aliphatic carbocycles.